The Bertz CT molecular complexity index is 969. The number of nitrogens with zero attached hydrogens (tertiary/aromatic N) is 2. The molecule has 0 radical (unpaired) electrons. The fourth-order valence-electron chi connectivity index (χ4n) is 2.44. The van der Waals surface area contributed by atoms with Crippen molar-refractivity contribution in [1.82, 2.24) is 4.98 Å². The third-order valence-corrected chi connectivity index (χ3v) is 3.87. The molecule has 0 unspecified atom stereocenters. The van der Waals surface area contributed by atoms with Gasteiger partial charge in [-0.15, -0.1) is 0 Å². The third kappa shape index (κ3) is 4.67. The summed E-state index contributed by atoms with van der Waals surface area (Å²) in [5, 5.41) is 12.4. The number of nitriles is 1. The number of oxazole rings is 1. The van der Waals surface area contributed by atoms with Gasteiger partial charge in [-0.3, -0.25) is 0 Å². The van der Waals surface area contributed by atoms with E-state index in [1.165, 1.54) is 0 Å². The molecule has 136 valence electrons. The molecule has 0 aliphatic carbocycles. The van der Waals surface area contributed by atoms with Gasteiger partial charge in [0.15, 0.2) is 0 Å². The quantitative estimate of drug-likeness (QED) is 0.674. The molecule has 3 rings (SSSR count). The highest BCUT2D eigenvalue weighted by Gasteiger charge is 2.11. The van der Waals surface area contributed by atoms with Crippen LogP contribution in [0, 0.1) is 11.3 Å². The molecule has 0 spiro atoms. The molecule has 0 atom stereocenters. The topological polar surface area (TPSA) is 80.3 Å². The Morgan fingerprint density at radius 1 is 1.07 bits per heavy atom. The van der Waals surface area contributed by atoms with Crippen molar-refractivity contribution < 1.29 is 13.9 Å². The molecule has 1 heterocycles. The van der Waals surface area contributed by atoms with Crippen molar-refractivity contribution in [2.45, 2.75) is 6.54 Å². The second kappa shape index (κ2) is 8.59. The van der Waals surface area contributed by atoms with Crippen molar-refractivity contribution in [3.63, 3.8) is 0 Å². The third-order valence-electron chi connectivity index (χ3n) is 3.87. The molecular formula is C21H19N3O3. The zero-order valence-corrected chi connectivity index (χ0v) is 15.1. The van der Waals surface area contributed by atoms with Crippen LogP contribution in [0.5, 0.6) is 11.5 Å². The monoisotopic (exact) mass is 361 g/mol. The van der Waals surface area contributed by atoms with Crippen molar-refractivity contribution >= 4 is 18.0 Å². The number of anilines is 1. The summed E-state index contributed by atoms with van der Waals surface area (Å²) in [7, 11) is 3.25. The number of aromatic nitrogens is 1. The molecule has 0 aliphatic rings. The Labute approximate surface area is 157 Å². The Morgan fingerprint density at radius 3 is 2.56 bits per heavy atom. The summed E-state index contributed by atoms with van der Waals surface area (Å²) in [5.74, 6) is 2.26. The van der Waals surface area contributed by atoms with Crippen molar-refractivity contribution in [2.24, 2.45) is 0 Å². The van der Waals surface area contributed by atoms with Gasteiger partial charge in [0, 0.05) is 12.6 Å². The summed E-state index contributed by atoms with van der Waals surface area (Å²) < 4.78 is 16.0. The standard InChI is InChI=1S/C21H19N3O3/c1-25-17-9-6-16(7-10-17)14-23-21-19(13-22)24-20(27-21)11-8-15-4-3-5-18(12-15)26-2/h3-12,23H,14H2,1-2H3/b11-8+. The lowest BCUT2D eigenvalue weighted by Crippen LogP contribution is -1.99. The Balaban J connectivity index is 1.70. The van der Waals surface area contributed by atoms with Gasteiger partial charge in [-0.25, -0.2) is 0 Å². The van der Waals surface area contributed by atoms with Crippen molar-refractivity contribution in [3.05, 3.63) is 71.2 Å². The van der Waals surface area contributed by atoms with Crippen LogP contribution >= 0.6 is 0 Å². The summed E-state index contributed by atoms with van der Waals surface area (Å²) in [6, 6.07) is 17.3. The largest absolute Gasteiger partial charge is 0.497 e. The van der Waals surface area contributed by atoms with E-state index < -0.39 is 0 Å². The van der Waals surface area contributed by atoms with E-state index in [9.17, 15) is 5.26 Å². The molecule has 6 nitrogen and oxygen atoms in total. The number of nitrogens with one attached hydrogen (secondary N) is 1. The lowest BCUT2D eigenvalue weighted by Gasteiger charge is -2.04. The van der Waals surface area contributed by atoms with Crippen LogP contribution in [0.2, 0.25) is 0 Å². The summed E-state index contributed by atoms with van der Waals surface area (Å²) in [4.78, 5) is 4.20. The fraction of sp³-hybridized carbons (Fsp3) is 0.143. The predicted octanol–water partition coefficient (Wildman–Crippen LogP) is 4.35. The molecule has 0 fully saturated rings. The highest BCUT2D eigenvalue weighted by molar-refractivity contribution is 5.67. The van der Waals surface area contributed by atoms with Crippen molar-refractivity contribution in [2.75, 3.05) is 19.5 Å². The molecule has 2 aromatic carbocycles. The summed E-state index contributed by atoms with van der Waals surface area (Å²) in [6.45, 7) is 0.507. The van der Waals surface area contributed by atoms with Gasteiger partial charge in [0.25, 0.3) is 0 Å². The molecule has 0 amide bonds. The van der Waals surface area contributed by atoms with Crippen LogP contribution in [0.15, 0.2) is 52.9 Å². The molecule has 27 heavy (non-hydrogen) atoms. The second-order valence-corrected chi connectivity index (χ2v) is 5.65. The van der Waals surface area contributed by atoms with Gasteiger partial charge in [-0.2, -0.15) is 10.2 Å². The van der Waals surface area contributed by atoms with Crippen LogP contribution in [0.4, 0.5) is 5.88 Å². The Kier molecular flexibility index (Phi) is 5.75. The normalized spacial score (nSPS) is 10.6. The number of rotatable bonds is 7. The van der Waals surface area contributed by atoms with Crippen LogP contribution in [-0.4, -0.2) is 19.2 Å². The molecule has 0 saturated carbocycles. The van der Waals surface area contributed by atoms with Crippen molar-refractivity contribution in [1.29, 1.82) is 5.26 Å². The second-order valence-electron chi connectivity index (χ2n) is 5.65. The van der Waals surface area contributed by atoms with E-state index in [0.717, 1.165) is 22.6 Å². The first-order valence-electron chi connectivity index (χ1n) is 8.31. The maximum absolute atomic E-state index is 9.28. The minimum atomic E-state index is 0.216. The van der Waals surface area contributed by atoms with Crippen LogP contribution in [0.1, 0.15) is 22.7 Å². The molecule has 6 heteroatoms. The number of methoxy groups -OCH3 is 2. The zero-order valence-electron chi connectivity index (χ0n) is 15.1. The molecule has 1 aromatic heterocycles. The summed E-state index contributed by atoms with van der Waals surface area (Å²) in [5.41, 5.74) is 2.19. The van der Waals surface area contributed by atoms with Gasteiger partial charge in [0.2, 0.25) is 17.5 Å². The highest BCUT2D eigenvalue weighted by Crippen LogP contribution is 2.21. The number of hydrogen-bond donors (Lipinski definition) is 1. The Morgan fingerprint density at radius 2 is 1.85 bits per heavy atom. The van der Waals surface area contributed by atoms with E-state index >= 15 is 0 Å². The number of ether oxygens (including phenoxy) is 2. The molecule has 1 N–H and O–H groups in total. The van der Waals surface area contributed by atoms with Gasteiger partial charge in [-0.1, -0.05) is 24.3 Å². The fourth-order valence-corrected chi connectivity index (χ4v) is 2.44. The average molecular weight is 361 g/mol. The van der Waals surface area contributed by atoms with Gasteiger partial charge in [-0.05, 0) is 41.5 Å². The van der Waals surface area contributed by atoms with E-state index in [1.807, 2.05) is 60.7 Å². The van der Waals surface area contributed by atoms with E-state index in [4.69, 9.17) is 13.9 Å². The molecule has 0 aliphatic heterocycles. The Hall–Kier alpha value is -3.72. The lowest BCUT2D eigenvalue weighted by molar-refractivity contribution is 0.414. The van der Waals surface area contributed by atoms with Crippen LogP contribution in [0.3, 0.4) is 0 Å². The SMILES string of the molecule is COc1ccc(CNc2oc(/C=C/c3cccc(OC)c3)nc2C#N)cc1. The smallest absolute Gasteiger partial charge is 0.232 e. The minimum Gasteiger partial charge on any atom is -0.497 e. The molecule has 0 saturated heterocycles. The first-order valence-corrected chi connectivity index (χ1v) is 8.31. The van der Waals surface area contributed by atoms with Gasteiger partial charge < -0.3 is 19.2 Å². The molecule has 3 aromatic rings. The van der Waals surface area contributed by atoms with Gasteiger partial charge in [0.1, 0.15) is 17.6 Å². The summed E-state index contributed by atoms with van der Waals surface area (Å²) in [6.07, 6.45) is 3.57. The number of benzene rings is 2. The minimum absolute atomic E-state index is 0.216. The maximum Gasteiger partial charge on any atom is 0.232 e. The summed E-state index contributed by atoms with van der Waals surface area (Å²) >= 11 is 0. The predicted molar refractivity (Wildman–Crippen MR) is 103 cm³/mol. The van der Waals surface area contributed by atoms with E-state index in [2.05, 4.69) is 10.3 Å². The lowest BCUT2D eigenvalue weighted by atomic mass is 10.2. The zero-order chi connectivity index (χ0) is 19.1. The molecule has 0 bridgehead atoms. The van der Waals surface area contributed by atoms with Crippen LogP contribution in [-0.2, 0) is 6.54 Å². The molecular weight excluding hydrogens is 342 g/mol. The van der Waals surface area contributed by atoms with Crippen LogP contribution in [0.25, 0.3) is 12.2 Å². The van der Waals surface area contributed by atoms with E-state index in [1.54, 1.807) is 20.3 Å². The van der Waals surface area contributed by atoms with Crippen molar-refractivity contribution in [3.8, 4) is 17.6 Å². The van der Waals surface area contributed by atoms with E-state index in [0.29, 0.717) is 18.3 Å². The van der Waals surface area contributed by atoms with E-state index in [-0.39, 0.29) is 5.69 Å². The first-order chi connectivity index (χ1) is 13.2. The number of hydrogen-bond acceptors (Lipinski definition) is 6. The maximum atomic E-state index is 9.28. The highest BCUT2D eigenvalue weighted by atomic mass is 16.5. The average Bonchev–Trinajstić information content (AvgIpc) is 3.13. The first kappa shape index (κ1) is 18.1. The van der Waals surface area contributed by atoms with Gasteiger partial charge in [0.05, 0.1) is 14.2 Å². The van der Waals surface area contributed by atoms with Gasteiger partial charge >= 0.3 is 0 Å². The van der Waals surface area contributed by atoms with Crippen LogP contribution < -0.4 is 14.8 Å².